The molecule has 44 heavy (non-hydrogen) atoms. The SMILES string of the molecule is COc1ccc(S(=O)(=O)N(CC(=O)N/N=C/c2cc(C)n(-c3ccc(Cl)c(Cl)c3)c2C)c2cc(Cl)ccc2OC)cc1OC. The second-order valence-electron chi connectivity index (χ2n) is 9.40. The first kappa shape index (κ1) is 33.0. The molecule has 0 bridgehead atoms. The lowest BCUT2D eigenvalue weighted by Crippen LogP contribution is -2.39. The second-order valence-corrected chi connectivity index (χ2v) is 12.5. The molecule has 0 fully saturated rings. The molecule has 14 heteroatoms. The maximum Gasteiger partial charge on any atom is 0.265 e. The quantitative estimate of drug-likeness (QED) is 0.145. The first-order chi connectivity index (χ1) is 20.9. The Kier molecular flexibility index (Phi) is 10.4. The van der Waals surface area contributed by atoms with Crippen LogP contribution in [0.15, 0.2) is 70.7 Å². The number of aromatic nitrogens is 1. The highest BCUT2D eigenvalue weighted by Crippen LogP contribution is 2.37. The summed E-state index contributed by atoms with van der Waals surface area (Å²) in [6, 6.07) is 15.8. The van der Waals surface area contributed by atoms with Crippen LogP contribution in [0, 0.1) is 13.8 Å². The average Bonchev–Trinajstić information content (AvgIpc) is 3.28. The zero-order valence-corrected chi connectivity index (χ0v) is 27.5. The molecule has 0 spiro atoms. The van der Waals surface area contributed by atoms with E-state index in [2.05, 4.69) is 10.5 Å². The van der Waals surface area contributed by atoms with Gasteiger partial charge in [0, 0.05) is 33.7 Å². The molecule has 4 rings (SSSR count). The number of ether oxygens (including phenoxy) is 3. The van der Waals surface area contributed by atoms with Crippen LogP contribution in [0.25, 0.3) is 5.69 Å². The van der Waals surface area contributed by atoms with Crippen molar-refractivity contribution >= 4 is 62.6 Å². The Morgan fingerprint density at radius 2 is 1.57 bits per heavy atom. The molecule has 3 aromatic carbocycles. The number of hydrazone groups is 1. The number of hydrogen-bond acceptors (Lipinski definition) is 7. The van der Waals surface area contributed by atoms with E-state index < -0.39 is 22.5 Å². The van der Waals surface area contributed by atoms with Gasteiger partial charge in [0.15, 0.2) is 11.5 Å². The number of nitrogens with one attached hydrogen (secondary N) is 1. The predicted molar refractivity (Wildman–Crippen MR) is 173 cm³/mol. The van der Waals surface area contributed by atoms with Crippen molar-refractivity contribution in [3.8, 4) is 22.9 Å². The zero-order valence-electron chi connectivity index (χ0n) is 24.4. The standard InChI is InChI=1S/C30H29Cl3N4O6S/c1-18-12-20(19(2)37(18)22-7-9-24(32)25(33)14-22)16-34-35-30(38)17-36(26-13-21(31)6-10-27(26)41-3)44(39,40)23-8-11-28(42-4)29(15-23)43-5/h6-16H,17H2,1-5H3,(H,35,38)/b34-16+. The van der Waals surface area contributed by atoms with Gasteiger partial charge in [0.2, 0.25) is 0 Å². The number of aryl methyl sites for hydroxylation is 1. The third-order valence-electron chi connectivity index (χ3n) is 6.66. The summed E-state index contributed by atoms with van der Waals surface area (Å²) in [5.41, 5.74) is 5.74. The highest BCUT2D eigenvalue weighted by atomic mass is 35.5. The van der Waals surface area contributed by atoms with Crippen molar-refractivity contribution in [1.82, 2.24) is 9.99 Å². The second kappa shape index (κ2) is 13.8. The first-order valence-corrected chi connectivity index (χ1v) is 15.5. The maximum atomic E-state index is 14.0. The molecule has 0 atom stereocenters. The maximum absolute atomic E-state index is 14.0. The van der Waals surface area contributed by atoms with Gasteiger partial charge in [0.1, 0.15) is 12.3 Å². The van der Waals surface area contributed by atoms with Gasteiger partial charge in [-0.3, -0.25) is 9.10 Å². The number of nitrogens with zero attached hydrogens (tertiary/aromatic N) is 3. The number of benzene rings is 3. The fourth-order valence-electron chi connectivity index (χ4n) is 4.54. The third-order valence-corrected chi connectivity index (χ3v) is 9.39. The minimum absolute atomic E-state index is 0.0547. The molecule has 0 saturated heterocycles. The van der Waals surface area contributed by atoms with Gasteiger partial charge in [0.25, 0.3) is 15.9 Å². The Bertz CT molecular complexity index is 1840. The number of sulfonamides is 1. The van der Waals surface area contributed by atoms with Gasteiger partial charge in [-0.1, -0.05) is 34.8 Å². The molecule has 1 N–H and O–H groups in total. The molecule has 0 radical (unpaired) electrons. The van der Waals surface area contributed by atoms with Crippen LogP contribution < -0.4 is 23.9 Å². The Hall–Kier alpha value is -3.90. The molecule has 0 aliphatic heterocycles. The normalized spacial score (nSPS) is 11.5. The smallest absolute Gasteiger partial charge is 0.265 e. The number of anilines is 1. The number of amides is 1. The molecule has 0 unspecified atom stereocenters. The molecule has 232 valence electrons. The monoisotopic (exact) mass is 678 g/mol. The van der Waals surface area contributed by atoms with Crippen molar-refractivity contribution in [1.29, 1.82) is 0 Å². The summed E-state index contributed by atoms with van der Waals surface area (Å²) >= 11 is 18.5. The Morgan fingerprint density at radius 1 is 0.886 bits per heavy atom. The van der Waals surface area contributed by atoms with Crippen LogP contribution in [0.5, 0.6) is 17.2 Å². The summed E-state index contributed by atoms with van der Waals surface area (Å²) in [6.07, 6.45) is 1.47. The number of methoxy groups -OCH3 is 3. The molecule has 1 aromatic heterocycles. The minimum atomic E-state index is -4.36. The topological polar surface area (TPSA) is 111 Å². The van der Waals surface area contributed by atoms with Crippen LogP contribution in [-0.4, -0.2) is 53.0 Å². The third kappa shape index (κ3) is 6.91. The van der Waals surface area contributed by atoms with Gasteiger partial charge in [-0.25, -0.2) is 13.8 Å². The van der Waals surface area contributed by atoms with Crippen molar-refractivity contribution in [2.45, 2.75) is 18.7 Å². The van der Waals surface area contributed by atoms with Crippen molar-refractivity contribution in [3.63, 3.8) is 0 Å². The van der Waals surface area contributed by atoms with Gasteiger partial charge in [-0.05, 0) is 68.4 Å². The lowest BCUT2D eigenvalue weighted by Gasteiger charge is -2.25. The summed E-state index contributed by atoms with van der Waals surface area (Å²) in [6.45, 7) is 3.16. The number of rotatable bonds is 11. The summed E-state index contributed by atoms with van der Waals surface area (Å²) in [5.74, 6) is -0.00170. The molecular formula is C30H29Cl3N4O6S. The van der Waals surface area contributed by atoms with E-state index in [1.807, 2.05) is 30.5 Å². The fourth-order valence-corrected chi connectivity index (χ4v) is 6.44. The predicted octanol–water partition coefficient (Wildman–Crippen LogP) is 6.43. The van der Waals surface area contributed by atoms with Gasteiger partial charge < -0.3 is 18.8 Å². The lowest BCUT2D eigenvalue weighted by atomic mass is 10.2. The van der Waals surface area contributed by atoms with Gasteiger partial charge >= 0.3 is 0 Å². The van der Waals surface area contributed by atoms with Gasteiger partial charge in [-0.15, -0.1) is 0 Å². The van der Waals surface area contributed by atoms with Crippen LogP contribution in [0.2, 0.25) is 15.1 Å². The van der Waals surface area contributed by atoms with Crippen LogP contribution in [0.1, 0.15) is 17.0 Å². The average molecular weight is 680 g/mol. The Labute approximate surface area is 270 Å². The van der Waals surface area contributed by atoms with E-state index in [1.165, 1.54) is 57.9 Å². The molecule has 0 saturated carbocycles. The largest absolute Gasteiger partial charge is 0.495 e. The molecule has 10 nitrogen and oxygen atoms in total. The van der Waals surface area contributed by atoms with E-state index in [9.17, 15) is 13.2 Å². The van der Waals surface area contributed by atoms with E-state index in [4.69, 9.17) is 49.0 Å². The lowest BCUT2D eigenvalue weighted by molar-refractivity contribution is -0.119. The van der Waals surface area contributed by atoms with Crippen molar-refractivity contribution in [3.05, 3.63) is 92.7 Å². The number of carbonyl (C=O) groups is 1. The highest BCUT2D eigenvalue weighted by molar-refractivity contribution is 7.92. The summed E-state index contributed by atoms with van der Waals surface area (Å²) in [5, 5.41) is 5.20. The van der Waals surface area contributed by atoms with Crippen LogP contribution in [0.4, 0.5) is 5.69 Å². The van der Waals surface area contributed by atoms with E-state index in [0.717, 1.165) is 26.9 Å². The van der Waals surface area contributed by atoms with E-state index in [0.29, 0.717) is 15.8 Å². The zero-order chi connectivity index (χ0) is 32.2. The van der Waals surface area contributed by atoms with Crippen molar-refractivity contribution < 1.29 is 27.4 Å². The Morgan fingerprint density at radius 3 is 2.23 bits per heavy atom. The number of halogens is 3. The highest BCUT2D eigenvalue weighted by Gasteiger charge is 2.30. The number of hydrogen-bond donors (Lipinski definition) is 1. The van der Waals surface area contributed by atoms with Crippen molar-refractivity contribution in [2.75, 3.05) is 32.2 Å². The van der Waals surface area contributed by atoms with Crippen LogP contribution >= 0.6 is 34.8 Å². The summed E-state index contributed by atoms with van der Waals surface area (Å²) < 4.78 is 46.7. The summed E-state index contributed by atoms with van der Waals surface area (Å²) in [7, 11) is -0.151. The van der Waals surface area contributed by atoms with E-state index in [1.54, 1.807) is 18.2 Å². The fraction of sp³-hybridized carbons (Fsp3) is 0.200. The molecule has 1 heterocycles. The van der Waals surface area contributed by atoms with Gasteiger partial charge in [0.05, 0.1) is 48.2 Å². The van der Waals surface area contributed by atoms with Crippen LogP contribution in [-0.2, 0) is 14.8 Å². The first-order valence-electron chi connectivity index (χ1n) is 13.0. The molecule has 0 aliphatic carbocycles. The van der Waals surface area contributed by atoms with E-state index >= 15 is 0 Å². The molecule has 1 amide bonds. The molecular weight excluding hydrogens is 651 g/mol. The molecule has 4 aromatic rings. The van der Waals surface area contributed by atoms with Crippen molar-refractivity contribution in [2.24, 2.45) is 5.10 Å². The Balaban J connectivity index is 1.64. The minimum Gasteiger partial charge on any atom is -0.495 e. The van der Waals surface area contributed by atoms with E-state index in [-0.39, 0.29) is 27.1 Å². The van der Waals surface area contributed by atoms with Crippen LogP contribution in [0.3, 0.4) is 0 Å². The molecule has 0 aliphatic rings. The summed E-state index contributed by atoms with van der Waals surface area (Å²) in [4.78, 5) is 13.0. The van der Waals surface area contributed by atoms with Gasteiger partial charge in [-0.2, -0.15) is 5.10 Å². The number of carbonyl (C=O) groups excluding carboxylic acids is 1.